The van der Waals surface area contributed by atoms with Gasteiger partial charge in [0.15, 0.2) is 0 Å². The Labute approximate surface area is 188 Å². The maximum absolute atomic E-state index is 12.8. The molecule has 1 fully saturated rings. The van der Waals surface area contributed by atoms with Crippen molar-refractivity contribution in [2.24, 2.45) is 0 Å². The van der Waals surface area contributed by atoms with E-state index in [2.05, 4.69) is 45.1 Å². The van der Waals surface area contributed by atoms with Gasteiger partial charge < -0.3 is 9.80 Å². The molecule has 5 rings (SSSR count). The van der Waals surface area contributed by atoms with E-state index in [1.165, 1.54) is 11.1 Å². The summed E-state index contributed by atoms with van der Waals surface area (Å²) in [5.41, 5.74) is 4.39. The van der Waals surface area contributed by atoms with Crippen LogP contribution in [0.25, 0.3) is 0 Å². The van der Waals surface area contributed by atoms with Crippen LogP contribution >= 0.6 is 0 Å². The Bertz CT molecular complexity index is 1080. The van der Waals surface area contributed by atoms with Crippen LogP contribution in [0, 0.1) is 6.92 Å². The number of carbonyl (C=O) groups is 1. The molecule has 2 aliphatic rings. The summed E-state index contributed by atoms with van der Waals surface area (Å²) in [6.07, 6.45) is 4.28. The number of hydrogen-bond donors (Lipinski definition) is 0. The van der Waals surface area contributed by atoms with Crippen LogP contribution in [0.2, 0.25) is 0 Å². The number of fused-ring (bicyclic) bond motifs is 1. The first-order valence-electron chi connectivity index (χ1n) is 11.2. The quantitative estimate of drug-likeness (QED) is 0.637. The molecule has 0 saturated carbocycles. The molecule has 0 radical (unpaired) electrons. The Morgan fingerprint density at radius 2 is 1.78 bits per heavy atom. The standard InChI is InChI=1S/C25H28N6O/c1-19-27-23-18-29(17-20-6-3-2-4-7-20)11-9-22(23)24(28-19)30-12-14-31(15-13-30)25(32)21-8-5-10-26-16-21/h2-8,10,16H,9,11-15,17-18H2,1H3. The molecule has 7 heteroatoms. The maximum Gasteiger partial charge on any atom is 0.255 e. The lowest BCUT2D eigenvalue weighted by Crippen LogP contribution is -2.49. The second-order valence-corrected chi connectivity index (χ2v) is 8.49. The minimum Gasteiger partial charge on any atom is -0.353 e. The van der Waals surface area contributed by atoms with Crippen LogP contribution in [0.15, 0.2) is 54.9 Å². The van der Waals surface area contributed by atoms with E-state index in [4.69, 9.17) is 9.97 Å². The molecule has 1 aromatic carbocycles. The number of hydrogen-bond acceptors (Lipinski definition) is 6. The van der Waals surface area contributed by atoms with Crippen LogP contribution in [0.1, 0.15) is 33.0 Å². The molecule has 3 aromatic rings. The molecule has 0 N–H and O–H groups in total. The second kappa shape index (κ2) is 9.04. The summed E-state index contributed by atoms with van der Waals surface area (Å²) in [5.74, 6) is 1.92. The van der Waals surface area contributed by atoms with Crippen LogP contribution in [0.5, 0.6) is 0 Å². The van der Waals surface area contributed by atoms with E-state index in [1.54, 1.807) is 18.5 Å². The van der Waals surface area contributed by atoms with E-state index >= 15 is 0 Å². The fraction of sp³-hybridized carbons (Fsp3) is 0.360. The molecule has 7 nitrogen and oxygen atoms in total. The fourth-order valence-corrected chi connectivity index (χ4v) is 4.62. The molecule has 0 spiro atoms. The zero-order chi connectivity index (χ0) is 21.9. The van der Waals surface area contributed by atoms with Gasteiger partial charge in [-0.25, -0.2) is 9.97 Å². The van der Waals surface area contributed by atoms with Gasteiger partial charge in [0.2, 0.25) is 0 Å². The third-order valence-corrected chi connectivity index (χ3v) is 6.26. The smallest absolute Gasteiger partial charge is 0.255 e. The van der Waals surface area contributed by atoms with Gasteiger partial charge in [-0.15, -0.1) is 0 Å². The molecule has 2 aliphatic heterocycles. The van der Waals surface area contributed by atoms with E-state index < -0.39 is 0 Å². The molecule has 1 saturated heterocycles. The van der Waals surface area contributed by atoms with Crippen molar-refractivity contribution in [3.05, 3.63) is 83.1 Å². The minimum absolute atomic E-state index is 0.0511. The van der Waals surface area contributed by atoms with E-state index in [0.29, 0.717) is 18.7 Å². The molecule has 0 atom stereocenters. The molecule has 164 valence electrons. The topological polar surface area (TPSA) is 65.5 Å². The number of amides is 1. The summed E-state index contributed by atoms with van der Waals surface area (Å²) >= 11 is 0. The highest BCUT2D eigenvalue weighted by molar-refractivity contribution is 5.94. The van der Waals surface area contributed by atoms with E-state index in [-0.39, 0.29) is 5.91 Å². The minimum atomic E-state index is 0.0511. The molecule has 0 bridgehead atoms. The number of anilines is 1. The van der Waals surface area contributed by atoms with Crippen molar-refractivity contribution in [3.63, 3.8) is 0 Å². The van der Waals surface area contributed by atoms with Crippen LogP contribution in [-0.2, 0) is 19.5 Å². The number of piperazine rings is 1. The molecule has 2 aromatic heterocycles. The van der Waals surface area contributed by atoms with Gasteiger partial charge in [0.1, 0.15) is 11.6 Å². The van der Waals surface area contributed by atoms with E-state index in [9.17, 15) is 4.79 Å². The predicted molar refractivity (Wildman–Crippen MR) is 123 cm³/mol. The van der Waals surface area contributed by atoms with Crippen LogP contribution in [0.3, 0.4) is 0 Å². The van der Waals surface area contributed by atoms with Crippen molar-refractivity contribution in [1.82, 2.24) is 24.8 Å². The number of aromatic nitrogens is 3. The van der Waals surface area contributed by atoms with Crippen molar-refractivity contribution in [2.75, 3.05) is 37.6 Å². The number of carbonyl (C=O) groups excluding carboxylic acids is 1. The Morgan fingerprint density at radius 1 is 0.969 bits per heavy atom. The van der Waals surface area contributed by atoms with Gasteiger partial charge in [0.25, 0.3) is 5.91 Å². The maximum atomic E-state index is 12.8. The summed E-state index contributed by atoms with van der Waals surface area (Å²) < 4.78 is 0. The summed E-state index contributed by atoms with van der Waals surface area (Å²) in [4.78, 5) is 33.1. The Balaban J connectivity index is 1.28. The molecular formula is C25H28N6O. The lowest BCUT2D eigenvalue weighted by atomic mass is 10.0. The number of benzene rings is 1. The van der Waals surface area contributed by atoms with Gasteiger partial charge in [-0.3, -0.25) is 14.7 Å². The van der Waals surface area contributed by atoms with Crippen molar-refractivity contribution in [3.8, 4) is 0 Å². The third-order valence-electron chi connectivity index (χ3n) is 6.26. The average Bonchev–Trinajstić information content (AvgIpc) is 2.84. The fourth-order valence-electron chi connectivity index (χ4n) is 4.62. The highest BCUT2D eigenvalue weighted by Gasteiger charge is 2.28. The highest BCUT2D eigenvalue weighted by atomic mass is 16.2. The van der Waals surface area contributed by atoms with Crippen LogP contribution in [0.4, 0.5) is 5.82 Å². The Hall–Kier alpha value is -3.32. The van der Waals surface area contributed by atoms with Gasteiger partial charge in [-0.05, 0) is 31.0 Å². The predicted octanol–water partition coefficient (Wildman–Crippen LogP) is 2.70. The number of rotatable bonds is 4. The van der Waals surface area contributed by atoms with Gasteiger partial charge in [0.05, 0.1) is 11.3 Å². The lowest BCUT2D eigenvalue weighted by Gasteiger charge is -2.38. The first kappa shape index (κ1) is 20.6. The molecule has 0 unspecified atom stereocenters. The molecule has 1 amide bonds. The monoisotopic (exact) mass is 428 g/mol. The van der Waals surface area contributed by atoms with Crippen LogP contribution < -0.4 is 4.90 Å². The summed E-state index contributed by atoms with van der Waals surface area (Å²) in [5, 5.41) is 0. The summed E-state index contributed by atoms with van der Waals surface area (Å²) in [6.45, 7) is 7.69. The van der Waals surface area contributed by atoms with Crippen molar-refractivity contribution in [2.45, 2.75) is 26.4 Å². The summed E-state index contributed by atoms with van der Waals surface area (Å²) in [7, 11) is 0. The Kier molecular flexibility index (Phi) is 5.81. The van der Waals surface area contributed by atoms with Gasteiger partial charge in [-0.2, -0.15) is 0 Å². The first-order valence-corrected chi connectivity index (χ1v) is 11.2. The zero-order valence-electron chi connectivity index (χ0n) is 18.4. The lowest BCUT2D eigenvalue weighted by molar-refractivity contribution is 0.0746. The van der Waals surface area contributed by atoms with Crippen molar-refractivity contribution in [1.29, 1.82) is 0 Å². The SMILES string of the molecule is Cc1nc2c(c(N3CCN(C(=O)c4cccnc4)CC3)n1)CCN(Cc1ccccc1)C2. The molecule has 32 heavy (non-hydrogen) atoms. The second-order valence-electron chi connectivity index (χ2n) is 8.49. The number of nitrogens with zero attached hydrogens (tertiary/aromatic N) is 6. The van der Waals surface area contributed by atoms with Gasteiger partial charge in [-0.1, -0.05) is 30.3 Å². The van der Waals surface area contributed by atoms with E-state index in [1.807, 2.05) is 17.9 Å². The Morgan fingerprint density at radius 3 is 2.53 bits per heavy atom. The highest BCUT2D eigenvalue weighted by Crippen LogP contribution is 2.28. The number of aryl methyl sites for hydroxylation is 1. The van der Waals surface area contributed by atoms with Crippen LogP contribution in [-0.4, -0.2) is 63.4 Å². The van der Waals surface area contributed by atoms with Crippen molar-refractivity contribution < 1.29 is 4.79 Å². The number of pyridine rings is 1. The molecular weight excluding hydrogens is 400 g/mol. The van der Waals surface area contributed by atoms with Gasteiger partial charge in [0, 0.05) is 63.8 Å². The van der Waals surface area contributed by atoms with E-state index in [0.717, 1.165) is 56.5 Å². The average molecular weight is 429 g/mol. The first-order chi connectivity index (χ1) is 15.7. The largest absolute Gasteiger partial charge is 0.353 e. The zero-order valence-corrected chi connectivity index (χ0v) is 18.4. The molecule has 0 aliphatic carbocycles. The van der Waals surface area contributed by atoms with Crippen molar-refractivity contribution >= 4 is 11.7 Å². The normalized spacial score (nSPS) is 16.7. The molecule has 4 heterocycles. The summed E-state index contributed by atoms with van der Waals surface area (Å²) in [6, 6.07) is 14.2. The third kappa shape index (κ3) is 4.34. The van der Waals surface area contributed by atoms with Gasteiger partial charge >= 0.3 is 0 Å².